The lowest BCUT2D eigenvalue weighted by atomic mass is 10.0. The molecule has 0 saturated carbocycles. The number of nitrogens with zero attached hydrogens (tertiary/aromatic N) is 1. The van der Waals surface area contributed by atoms with Gasteiger partial charge < -0.3 is 10.2 Å². The second-order valence-electron chi connectivity index (χ2n) is 2.93. The number of aromatic hydroxyl groups is 1. The van der Waals surface area contributed by atoms with Gasteiger partial charge in [-0.2, -0.15) is 5.26 Å². The summed E-state index contributed by atoms with van der Waals surface area (Å²) in [4.78, 5) is 10.4. The zero-order chi connectivity index (χ0) is 10.7. The number of hydrogen-bond acceptors (Lipinski definition) is 3. The highest BCUT2D eigenvalue weighted by Crippen LogP contribution is 2.25. The number of phenolic OH excluding ortho intramolecular Hbond substituents is 1. The number of carbonyl (C=O) groups is 1. The Morgan fingerprint density at radius 3 is 2.71 bits per heavy atom. The van der Waals surface area contributed by atoms with Gasteiger partial charge in [0.25, 0.3) is 0 Å². The lowest BCUT2D eigenvalue weighted by Crippen LogP contribution is -2.01. The molecule has 0 radical (unpaired) electrons. The van der Waals surface area contributed by atoms with Crippen molar-refractivity contribution in [3.05, 3.63) is 28.8 Å². The first-order valence-electron chi connectivity index (χ1n) is 3.99. The largest absolute Gasteiger partial charge is 0.507 e. The monoisotopic (exact) mass is 191 g/mol. The minimum Gasteiger partial charge on any atom is -0.507 e. The van der Waals surface area contributed by atoms with Gasteiger partial charge in [-0.25, -0.2) is 0 Å². The van der Waals surface area contributed by atoms with Gasteiger partial charge in [0.2, 0.25) is 0 Å². The van der Waals surface area contributed by atoms with Gasteiger partial charge in [0, 0.05) is 11.1 Å². The second-order valence-corrected chi connectivity index (χ2v) is 2.93. The zero-order valence-corrected chi connectivity index (χ0v) is 7.61. The Balaban J connectivity index is 3.18. The van der Waals surface area contributed by atoms with Crippen LogP contribution >= 0.6 is 0 Å². The summed E-state index contributed by atoms with van der Waals surface area (Å²) in [6.45, 7) is 1.58. The average molecular weight is 191 g/mol. The number of aliphatic carboxylic acids is 1. The molecule has 0 aliphatic carbocycles. The number of nitriles is 1. The van der Waals surface area contributed by atoms with Crippen LogP contribution in [0.1, 0.15) is 16.7 Å². The van der Waals surface area contributed by atoms with Crippen LogP contribution in [-0.2, 0) is 11.2 Å². The van der Waals surface area contributed by atoms with Crippen molar-refractivity contribution in [1.82, 2.24) is 0 Å². The summed E-state index contributed by atoms with van der Waals surface area (Å²) in [5, 5.41) is 26.7. The van der Waals surface area contributed by atoms with E-state index >= 15 is 0 Å². The Labute approximate surface area is 81.0 Å². The van der Waals surface area contributed by atoms with Crippen molar-refractivity contribution in [2.75, 3.05) is 0 Å². The van der Waals surface area contributed by atoms with Gasteiger partial charge in [-0.3, -0.25) is 4.79 Å². The Morgan fingerprint density at radius 2 is 2.21 bits per heavy atom. The maximum Gasteiger partial charge on any atom is 0.307 e. The van der Waals surface area contributed by atoms with E-state index in [0.29, 0.717) is 16.7 Å². The SMILES string of the molecule is Cc1c(C#N)ccc(CC(=O)O)c1O. The first-order valence-corrected chi connectivity index (χ1v) is 3.99. The summed E-state index contributed by atoms with van der Waals surface area (Å²) in [7, 11) is 0. The molecule has 0 unspecified atom stereocenters. The van der Waals surface area contributed by atoms with Crippen molar-refractivity contribution in [1.29, 1.82) is 5.26 Å². The van der Waals surface area contributed by atoms with Crippen LogP contribution in [-0.4, -0.2) is 16.2 Å². The first-order chi connectivity index (χ1) is 6.56. The van der Waals surface area contributed by atoms with Crippen LogP contribution < -0.4 is 0 Å². The first kappa shape index (κ1) is 10.1. The smallest absolute Gasteiger partial charge is 0.307 e. The third-order valence-electron chi connectivity index (χ3n) is 1.98. The standard InChI is InChI=1S/C10H9NO3/c1-6-8(5-11)3-2-7(10(6)14)4-9(12)13/h2-3,14H,4H2,1H3,(H,12,13). The van der Waals surface area contributed by atoms with Gasteiger partial charge in [0.05, 0.1) is 18.1 Å². The highest BCUT2D eigenvalue weighted by atomic mass is 16.4. The molecule has 14 heavy (non-hydrogen) atoms. The lowest BCUT2D eigenvalue weighted by molar-refractivity contribution is -0.136. The third kappa shape index (κ3) is 1.83. The van der Waals surface area contributed by atoms with Crippen LogP contribution in [0.25, 0.3) is 0 Å². The number of benzene rings is 1. The van der Waals surface area contributed by atoms with E-state index in [-0.39, 0.29) is 12.2 Å². The summed E-state index contributed by atoms with van der Waals surface area (Å²) in [5.41, 5.74) is 1.11. The molecule has 0 atom stereocenters. The van der Waals surface area contributed by atoms with E-state index < -0.39 is 5.97 Å². The fraction of sp³-hybridized carbons (Fsp3) is 0.200. The summed E-state index contributed by atoms with van der Waals surface area (Å²) in [6.07, 6.45) is -0.238. The molecule has 0 spiro atoms. The second kappa shape index (κ2) is 3.79. The highest BCUT2D eigenvalue weighted by Gasteiger charge is 2.10. The van der Waals surface area contributed by atoms with Gasteiger partial charge in [-0.05, 0) is 13.0 Å². The topological polar surface area (TPSA) is 81.3 Å². The van der Waals surface area contributed by atoms with Gasteiger partial charge in [0.1, 0.15) is 5.75 Å². The minimum absolute atomic E-state index is 0.105. The normalized spacial score (nSPS) is 9.43. The van der Waals surface area contributed by atoms with Crippen LogP contribution in [0.3, 0.4) is 0 Å². The fourth-order valence-corrected chi connectivity index (χ4v) is 1.18. The molecule has 0 aromatic heterocycles. The van der Waals surface area contributed by atoms with Crippen LogP contribution in [0, 0.1) is 18.3 Å². The van der Waals surface area contributed by atoms with Crippen molar-refractivity contribution in [2.45, 2.75) is 13.3 Å². The number of phenols is 1. The predicted molar refractivity (Wildman–Crippen MR) is 48.9 cm³/mol. The molecule has 0 saturated heterocycles. The van der Waals surface area contributed by atoms with Crippen LogP contribution in [0.2, 0.25) is 0 Å². The molecule has 0 heterocycles. The molecule has 0 fully saturated rings. The third-order valence-corrected chi connectivity index (χ3v) is 1.98. The highest BCUT2D eigenvalue weighted by molar-refractivity contribution is 5.72. The maximum atomic E-state index is 10.4. The summed E-state index contributed by atoms with van der Waals surface area (Å²) < 4.78 is 0. The van der Waals surface area contributed by atoms with Crippen LogP contribution in [0.5, 0.6) is 5.75 Å². The Morgan fingerprint density at radius 1 is 1.57 bits per heavy atom. The summed E-state index contributed by atoms with van der Waals surface area (Å²) >= 11 is 0. The van der Waals surface area contributed by atoms with E-state index in [1.54, 1.807) is 6.92 Å². The van der Waals surface area contributed by atoms with Crippen molar-refractivity contribution >= 4 is 5.97 Å². The molecule has 0 aliphatic rings. The van der Waals surface area contributed by atoms with Crippen molar-refractivity contribution in [3.63, 3.8) is 0 Å². The zero-order valence-electron chi connectivity index (χ0n) is 7.61. The molecule has 72 valence electrons. The van der Waals surface area contributed by atoms with E-state index in [9.17, 15) is 9.90 Å². The molecule has 0 aliphatic heterocycles. The Bertz CT molecular complexity index is 418. The van der Waals surface area contributed by atoms with Crippen LogP contribution in [0.4, 0.5) is 0 Å². The molecule has 1 aromatic carbocycles. The van der Waals surface area contributed by atoms with E-state index in [2.05, 4.69) is 0 Å². The molecule has 0 bridgehead atoms. The van der Waals surface area contributed by atoms with Gasteiger partial charge in [-0.1, -0.05) is 6.07 Å². The van der Waals surface area contributed by atoms with Gasteiger partial charge >= 0.3 is 5.97 Å². The van der Waals surface area contributed by atoms with Crippen molar-refractivity contribution < 1.29 is 15.0 Å². The molecule has 0 amide bonds. The van der Waals surface area contributed by atoms with Crippen LogP contribution in [0.15, 0.2) is 12.1 Å². The molecule has 4 heteroatoms. The number of carboxylic acids is 1. The van der Waals surface area contributed by atoms with E-state index in [1.807, 2.05) is 6.07 Å². The van der Waals surface area contributed by atoms with Crippen molar-refractivity contribution in [3.8, 4) is 11.8 Å². The van der Waals surface area contributed by atoms with E-state index in [4.69, 9.17) is 10.4 Å². The Kier molecular flexibility index (Phi) is 2.73. The molecule has 4 nitrogen and oxygen atoms in total. The maximum absolute atomic E-state index is 10.4. The number of hydrogen-bond donors (Lipinski definition) is 2. The molecular formula is C10H9NO3. The fourth-order valence-electron chi connectivity index (χ4n) is 1.18. The minimum atomic E-state index is -1.01. The van der Waals surface area contributed by atoms with Crippen molar-refractivity contribution in [2.24, 2.45) is 0 Å². The van der Waals surface area contributed by atoms with Gasteiger partial charge in [0.15, 0.2) is 0 Å². The Hall–Kier alpha value is -2.02. The average Bonchev–Trinajstić information content (AvgIpc) is 2.13. The summed E-state index contributed by atoms with van der Waals surface area (Å²) in [6, 6.07) is 4.87. The van der Waals surface area contributed by atoms with Gasteiger partial charge in [-0.15, -0.1) is 0 Å². The summed E-state index contributed by atoms with van der Waals surface area (Å²) in [5.74, 6) is -1.11. The molecular weight excluding hydrogens is 182 g/mol. The van der Waals surface area contributed by atoms with E-state index in [1.165, 1.54) is 12.1 Å². The number of carboxylic acid groups (broad SMARTS) is 1. The van der Waals surface area contributed by atoms with E-state index in [0.717, 1.165) is 0 Å². The molecule has 2 N–H and O–H groups in total. The quantitative estimate of drug-likeness (QED) is 0.735. The lowest BCUT2D eigenvalue weighted by Gasteiger charge is -2.05. The molecule has 1 rings (SSSR count). The molecule has 1 aromatic rings. The number of rotatable bonds is 2. The predicted octanol–water partition coefficient (Wildman–Crippen LogP) is 1.20.